The molecule has 2 saturated heterocycles. The van der Waals surface area contributed by atoms with Gasteiger partial charge in [-0.3, -0.25) is 0 Å². The topological polar surface area (TPSA) is 144 Å². The Balaban J connectivity index is 1.43. The summed E-state index contributed by atoms with van der Waals surface area (Å²) in [5.41, 5.74) is 0.0602. The van der Waals surface area contributed by atoms with E-state index in [1.807, 2.05) is 0 Å². The van der Waals surface area contributed by atoms with Crippen LogP contribution in [0.3, 0.4) is 0 Å². The molecule has 1 spiro atoms. The number of tetrazole rings is 1. The van der Waals surface area contributed by atoms with E-state index in [4.69, 9.17) is 9.47 Å². The number of aliphatic hydroxyl groups is 2. The maximum Gasteiger partial charge on any atom is 0.203 e. The SMILES string of the molecule is OCC1OC2(CCC(c3nn[nH]n3)O2)CC(n2cc(-c3cc(F)c(F)c(F)c3)nn2)C1O. The van der Waals surface area contributed by atoms with Crippen LogP contribution in [0.1, 0.15) is 37.2 Å². The molecule has 170 valence electrons. The quantitative estimate of drug-likeness (QED) is 0.489. The molecule has 2 aliphatic heterocycles. The largest absolute Gasteiger partial charge is 0.394 e. The molecule has 2 aromatic heterocycles. The van der Waals surface area contributed by atoms with Gasteiger partial charge in [-0.05, 0) is 18.6 Å². The van der Waals surface area contributed by atoms with Crippen molar-refractivity contribution in [3.05, 3.63) is 41.6 Å². The minimum atomic E-state index is -1.58. The highest BCUT2D eigenvalue weighted by atomic mass is 19.2. The highest BCUT2D eigenvalue weighted by Crippen LogP contribution is 2.48. The molecule has 5 rings (SSSR count). The highest BCUT2D eigenvalue weighted by molar-refractivity contribution is 5.57. The van der Waals surface area contributed by atoms with Crippen molar-refractivity contribution in [2.24, 2.45) is 0 Å². The van der Waals surface area contributed by atoms with E-state index in [1.165, 1.54) is 10.9 Å². The van der Waals surface area contributed by atoms with Crippen LogP contribution in [0.15, 0.2) is 18.3 Å². The number of ether oxygens (including phenoxy) is 2. The summed E-state index contributed by atoms with van der Waals surface area (Å²) in [7, 11) is 0. The van der Waals surface area contributed by atoms with Crippen molar-refractivity contribution >= 4 is 0 Å². The maximum absolute atomic E-state index is 13.6. The van der Waals surface area contributed by atoms with Gasteiger partial charge in [-0.15, -0.1) is 15.3 Å². The number of H-pyrrole nitrogens is 1. The summed E-state index contributed by atoms with van der Waals surface area (Å²) in [6.07, 6.45) is -0.159. The zero-order valence-corrected chi connectivity index (χ0v) is 16.4. The van der Waals surface area contributed by atoms with E-state index in [0.29, 0.717) is 18.7 Å². The Labute approximate surface area is 178 Å². The third-order valence-electron chi connectivity index (χ3n) is 5.77. The molecule has 3 N–H and O–H groups in total. The van der Waals surface area contributed by atoms with Crippen molar-refractivity contribution in [3.8, 4) is 11.3 Å². The molecule has 0 bridgehead atoms. The van der Waals surface area contributed by atoms with Crippen LogP contribution in [-0.4, -0.2) is 70.4 Å². The molecule has 0 saturated carbocycles. The first-order chi connectivity index (χ1) is 15.4. The summed E-state index contributed by atoms with van der Waals surface area (Å²) in [6.45, 7) is -0.481. The summed E-state index contributed by atoms with van der Waals surface area (Å²) in [6, 6.07) is 0.878. The van der Waals surface area contributed by atoms with Crippen LogP contribution in [0.5, 0.6) is 0 Å². The van der Waals surface area contributed by atoms with Gasteiger partial charge in [-0.1, -0.05) is 10.4 Å². The van der Waals surface area contributed by atoms with E-state index in [2.05, 4.69) is 30.9 Å². The normalized spacial score (nSPS) is 30.3. The zero-order chi connectivity index (χ0) is 22.5. The molecule has 1 aromatic carbocycles. The van der Waals surface area contributed by atoms with Crippen molar-refractivity contribution in [3.63, 3.8) is 0 Å². The van der Waals surface area contributed by atoms with Crippen LogP contribution in [0, 0.1) is 17.5 Å². The predicted octanol–water partition coefficient (Wildman–Crippen LogP) is 0.807. The maximum atomic E-state index is 13.6. The van der Waals surface area contributed by atoms with Gasteiger partial charge in [-0.25, -0.2) is 17.9 Å². The molecule has 4 heterocycles. The Hall–Kier alpha value is -2.94. The van der Waals surface area contributed by atoms with Gasteiger partial charge in [0.05, 0.1) is 18.8 Å². The molecule has 0 aliphatic carbocycles. The minimum absolute atomic E-state index is 0.0168. The highest BCUT2D eigenvalue weighted by Gasteiger charge is 2.53. The predicted molar refractivity (Wildman–Crippen MR) is 96.9 cm³/mol. The van der Waals surface area contributed by atoms with E-state index in [0.717, 1.165) is 12.1 Å². The van der Waals surface area contributed by atoms with Crippen LogP contribution in [0.4, 0.5) is 13.2 Å². The molecule has 11 nitrogen and oxygen atoms in total. The summed E-state index contributed by atoms with van der Waals surface area (Å²) < 4.78 is 53.8. The standard InChI is InChI=1S/C18H18F3N7O4/c19-9-3-8(4-10(20)15(9)21)11-6-28(27-22-11)12-5-18(32-14(7-29)16(12)30)2-1-13(31-18)17-23-25-26-24-17/h3-4,6,12-14,16,29-30H,1-2,5,7H2,(H,23,24,25,26). The molecule has 0 radical (unpaired) electrons. The van der Waals surface area contributed by atoms with Crippen molar-refractivity contribution in [1.82, 2.24) is 35.6 Å². The Bertz CT molecular complexity index is 1090. The van der Waals surface area contributed by atoms with Crippen molar-refractivity contribution in [2.45, 2.75) is 49.4 Å². The number of benzene rings is 1. The first-order valence-electron chi connectivity index (χ1n) is 9.84. The lowest BCUT2D eigenvalue weighted by molar-refractivity contribution is -0.307. The molecular weight excluding hydrogens is 435 g/mol. The van der Waals surface area contributed by atoms with Crippen LogP contribution >= 0.6 is 0 Å². The molecule has 0 amide bonds. The number of halogens is 3. The molecular formula is C18H18F3N7O4. The summed E-state index contributed by atoms with van der Waals surface area (Å²) in [5, 5.41) is 42.1. The lowest BCUT2D eigenvalue weighted by Crippen LogP contribution is -2.53. The lowest BCUT2D eigenvalue weighted by atomic mass is 9.91. The molecule has 2 aliphatic rings. The molecule has 14 heteroatoms. The molecule has 32 heavy (non-hydrogen) atoms. The third-order valence-corrected chi connectivity index (χ3v) is 5.77. The number of aromatic amines is 1. The average Bonchev–Trinajstić information content (AvgIpc) is 3.54. The first kappa shape index (κ1) is 20.9. The van der Waals surface area contributed by atoms with Gasteiger partial charge in [0, 0.05) is 18.4 Å². The van der Waals surface area contributed by atoms with Gasteiger partial charge in [0.25, 0.3) is 0 Å². The van der Waals surface area contributed by atoms with E-state index in [-0.39, 0.29) is 17.7 Å². The second-order valence-electron chi connectivity index (χ2n) is 7.76. The van der Waals surface area contributed by atoms with Gasteiger partial charge < -0.3 is 19.7 Å². The zero-order valence-electron chi connectivity index (χ0n) is 16.4. The summed E-state index contributed by atoms with van der Waals surface area (Å²) >= 11 is 0. The number of hydrogen-bond donors (Lipinski definition) is 3. The van der Waals surface area contributed by atoms with Gasteiger partial charge in [-0.2, -0.15) is 5.21 Å². The fraction of sp³-hybridized carbons (Fsp3) is 0.500. The van der Waals surface area contributed by atoms with Crippen LogP contribution in [-0.2, 0) is 9.47 Å². The van der Waals surface area contributed by atoms with E-state index in [9.17, 15) is 23.4 Å². The van der Waals surface area contributed by atoms with Gasteiger partial charge in [0.2, 0.25) is 5.82 Å². The van der Waals surface area contributed by atoms with E-state index in [1.54, 1.807) is 0 Å². The smallest absolute Gasteiger partial charge is 0.203 e. The first-order valence-corrected chi connectivity index (χ1v) is 9.84. The average molecular weight is 453 g/mol. The Morgan fingerprint density at radius 1 is 1.19 bits per heavy atom. The Morgan fingerprint density at radius 3 is 2.66 bits per heavy atom. The summed E-state index contributed by atoms with van der Waals surface area (Å²) in [4.78, 5) is 0. The van der Waals surface area contributed by atoms with Crippen LogP contribution in [0.2, 0.25) is 0 Å². The monoisotopic (exact) mass is 453 g/mol. The number of aromatic nitrogens is 7. The van der Waals surface area contributed by atoms with Gasteiger partial charge in [0.1, 0.15) is 24.0 Å². The molecule has 2 fully saturated rings. The fourth-order valence-corrected chi connectivity index (χ4v) is 4.20. The second-order valence-corrected chi connectivity index (χ2v) is 7.76. The Morgan fingerprint density at radius 2 is 1.97 bits per heavy atom. The van der Waals surface area contributed by atoms with E-state index < -0.39 is 54.2 Å². The van der Waals surface area contributed by atoms with Crippen molar-refractivity contribution < 1.29 is 32.9 Å². The van der Waals surface area contributed by atoms with Gasteiger partial charge in [0.15, 0.2) is 23.2 Å². The lowest BCUT2D eigenvalue weighted by Gasteiger charge is -2.44. The number of nitrogens with one attached hydrogen (secondary N) is 1. The summed E-state index contributed by atoms with van der Waals surface area (Å²) in [5.74, 6) is -5.08. The number of aliphatic hydroxyl groups excluding tert-OH is 2. The molecule has 5 unspecified atom stereocenters. The van der Waals surface area contributed by atoms with Crippen LogP contribution in [0.25, 0.3) is 11.3 Å². The van der Waals surface area contributed by atoms with Crippen molar-refractivity contribution in [2.75, 3.05) is 6.61 Å². The Kier molecular flexibility index (Phi) is 5.16. The molecule has 3 aromatic rings. The molecule has 5 atom stereocenters. The van der Waals surface area contributed by atoms with E-state index >= 15 is 0 Å². The van der Waals surface area contributed by atoms with Crippen LogP contribution < -0.4 is 0 Å². The third kappa shape index (κ3) is 3.54. The number of nitrogens with zero attached hydrogens (tertiary/aromatic N) is 6. The second kappa shape index (κ2) is 7.88. The van der Waals surface area contributed by atoms with Crippen molar-refractivity contribution in [1.29, 1.82) is 0 Å². The number of hydrogen-bond acceptors (Lipinski definition) is 9. The fourth-order valence-electron chi connectivity index (χ4n) is 4.20. The van der Waals surface area contributed by atoms with Gasteiger partial charge >= 0.3 is 0 Å². The number of rotatable bonds is 4. The minimum Gasteiger partial charge on any atom is -0.394 e.